The number of urea groups is 1. The lowest BCUT2D eigenvalue weighted by Gasteiger charge is -2.16. The summed E-state index contributed by atoms with van der Waals surface area (Å²) in [6.45, 7) is 1.63. The second kappa shape index (κ2) is 9.13. The molecule has 0 spiro atoms. The van der Waals surface area contributed by atoms with Gasteiger partial charge in [0.25, 0.3) is 0 Å². The van der Waals surface area contributed by atoms with Gasteiger partial charge in [0.2, 0.25) is 0 Å². The number of ether oxygens (including phenoxy) is 2. The summed E-state index contributed by atoms with van der Waals surface area (Å²) in [5, 5.41) is 16.6. The number of carbonyl (C=O) groups excluding carboxylic acids is 3. The van der Waals surface area contributed by atoms with E-state index in [-0.39, 0.29) is 6.42 Å². The highest BCUT2D eigenvalue weighted by molar-refractivity contribution is 5.99. The molecule has 1 atom stereocenters. The molecule has 0 bridgehead atoms. The number of oxime groups is 1. The Morgan fingerprint density at radius 1 is 1.17 bits per heavy atom. The van der Waals surface area contributed by atoms with Crippen LogP contribution in [0.5, 0.6) is 0 Å². The van der Waals surface area contributed by atoms with Gasteiger partial charge in [-0.25, -0.2) is 9.59 Å². The molecular formula is C15H19N3O6. The minimum Gasteiger partial charge on any atom is -0.469 e. The number of nitrogens with zero attached hydrogens (tertiary/aromatic N) is 1. The van der Waals surface area contributed by atoms with Crippen LogP contribution in [0.4, 0.5) is 10.5 Å². The highest BCUT2D eigenvalue weighted by Gasteiger charge is 2.25. The third-order valence-corrected chi connectivity index (χ3v) is 3.10. The molecule has 0 aliphatic heterocycles. The molecule has 0 radical (unpaired) electrons. The van der Waals surface area contributed by atoms with E-state index in [1.54, 1.807) is 31.2 Å². The van der Waals surface area contributed by atoms with Gasteiger partial charge in [0.15, 0.2) is 0 Å². The van der Waals surface area contributed by atoms with Gasteiger partial charge in [-0.15, -0.1) is 0 Å². The van der Waals surface area contributed by atoms with Crippen molar-refractivity contribution in [3.05, 3.63) is 29.8 Å². The SMILES string of the molecule is COC(=O)CC(NC(=O)Nc1ccc(/C(C)=N/O)cc1)C(=O)OC. The molecule has 130 valence electrons. The van der Waals surface area contributed by atoms with Crippen molar-refractivity contribution in [3.63, 3.8) is 0 Å². The average Bonchev–Trinajstić information content (AvgIpc) is 2.60. The molecule has 0 heterocycles. The molecule has 0 saturated heterocycles. The maximum absolute atomic E-state index is 11.9. The van der Waals surface area contributed by atoms with E-state index in [9.17, 15) is 14.4 Å². The summed E-state index contributed by atoms with van der Waals surface area (Å²) in [7, 11) is 2.33. The first-order valence-electron chi connectivity index (χ1n) is 6.92. The summed E-state index contributed by atoms with van der Waals surface area (Å²) in [4.78, 5) is 34.8. The molecular weight excluding hydrogens is 318 g/mol. The average molecular weight is 337 g/mol. The van der Waals surface area contributed by atoms with Crippen LogP contribution in [0.25, 0.3) is 0 Å². The number of benzene rings is 1. The summed E-state index contributed by atoms with van der Waals surface area (Å²) < 4.78 is 9.01. The van der Waals surface area contributed by atoms with E-state index in [0.29, 0.717) is 17.0 Å². The van der Waals surface area contributed by atoms with E-state index < -0.39 is 24.0 Å². The highest BCUT2D eigenvalue weighted by Crippen LogP contribution is 2.10. The van der Waals surface area contributed by atoms with E-state index in [0.717, 1.165) is 7.11 Å². The number of anilines is 1. The summed E-state index contributed by atoms with van der Waals surface area (Å²) in [5.41, 5.74) is 1.56. The highest BCUT2D eigenvalue weighted by atomic mass is 16.5. The minimum atomic E-state index is -1.16. The largest absolute Gasteiger partial charge is 0.469 e. The summed E-state index contributed by atoms with van der Waals surface area (Å²) in [6, 6.07) is 4.64. The zero-order valence-corrected chi connectivity index (χ0v) is 13.5. The summed E-state index contributed by atoms with van der Waals surface area (Å²) in [6.07, 6.45) is -0.346. The van der Waals surface area contributed by atoms with Gasteiger partial charge >= 0.3 is 18.0 Å². The molecule has 0 fully saturated rings. The number of hydrogen-bond acceptors (Lipinski definition) is 7. The third-order valence-electron chi connectivity index (χ3n) is 3.10. The Bertz CT molecular complexity index is 627. The molecule has 9 heteroatoms. The van der Waals surface area contributed by atoms with E-state index >= 15 is 0 Å². The molecule has 0 aliphatic carbocycles. The Morgan fingerprint density at radius 2 is 1.79 bits per heavy atom. The Hall–Kier alpha value is -3.10. The predicted molar refractivity (Wildman–Crippen MR) is 85.0 cm³/mol. The lowest BCUT2D eigenvalue weighted by atomic mass is 10.1. The van der Waals surface area contributed by atoms with E-state index in [1.807, 2.05) is 0 Å². The van der Waals surface area contributed by atoms with Crippen LogP contribution in [0.3, 0.4) is 0 Å². The van der Waals surface area contributed by atoms with Gasteiger partial charge in [-0.3, -0.25) is 4.79 Å². The van der Waals surface area contributed by atoms with Crippen LogP contribution in [-0.2, 0) is 19.1 Å². The fourth-order valence-electron chi connectivity index (χ4n) is 1.76. The lowest BCUT2D eigenvalue weighted by Crippen LogP contribution is -2.45. The van der Waals surface area contributed by atoms with Crippen molar-refractivity contribution in [1.82, 2.24) is 5.32 Å². The molecule has 0 saturated carbocycles. The van der Waals surface area contributed by atoms with E-state index in [1.165, 1.54) is 7.11 Å². The number of hydrogen-bond donors (Lipinski definition) is 3. The van der Waals surface area contributed by atoms with E-state index in [2.05, 4.69) is 25.3 Å². The quantitative estimate of drug-likeness (QED) is 0.309. The smallest absolute Gasteiger partial charge is 0.329 e. The normalized spacial score (nSPS) is 12.0. The first-order valence-corrected chi connectivity index (χ1v) is 6.92. The molecule has 0 aromatic heterocycles. The molecule has 1 unspecified atom stereocenters. The second-order valence-corrected chi connectivity index (χ2v) is 4.72. The van der Waals surface area contributed by atoms with Gasteiger partial charge in [0.1, 0.15) is 6.04 Å². The van der Waals surface area contributed by atoms with Crippen LogP contribution < -0.4 is 10.6 Å². The zero-order valence-electron chi connectivity index (χ0n) is 13.5. The van der Waals surface area contributed by atoms with Crippen LogP contribution in [0.15, 0.2) is 29.4 Å². The first-order chi connectivity index (χ1) is 11.4. The summed E-state index contributed by atoms with van der Waals surface area (Å²) >= 11 is 0. The third kappa shape index (κ3) is 5.59. The standard InChI is InChI=1S/C15H19N3O6/c1-9(18-22)10-4-6-11(7-5-10)16-15(21)17-12(14(20)24-3)8-13(19)23-2/h4-7,12,22H,8H2,1-3H3,(H2,16,17,21)/b18-9+. The fourth-order valence-corrected chi connectivity index (χ4v) is 1.76. The Balaban J connectivity index is 2.71. The van der Waals surface area contributed by atoms with Crippen LogP contribution in [0.2, 0.25) is 0 Å². The number of rotatable bonds is 6. The van der Waals surface area contributed by atoms with Gasteiger partial charge in [-0.05, 0) is 24.6 Å². The first kappa shape index (κ1) is 18.9. The molecule has 3 N–H and O–H groups in total. The van der Waals surface area contributed by atoms with Gasteiger partial charge in [0.05, 0.1) is 26.4 Å². The van der Waals surface area contributed by atoms with Gasteiger partial charge in [-0.1, -0.05) is 17.3 Å². The van der Waals surface area contributed by atoms with Crippen molar-refractivity contribution >= 4 is 29.4 Å². The monoisotopic (exact) mass is 337 g/mol. The summed E-state index contributed by atoms with van der Waals surface area (Å²) in [5.74, 6) is -1.42. The molecule has 9 nitrogen and oxygen atoms in total. The zero-order chi connectivity index (χ0) is 18.1. The number of nitrogens with one attached hydrogen (secondary N) is 2. The Labute approximate surface area is 138 Å². The van der Waals surface area contributed by atoms with Crippen molar-refractivity contribution in [1.29, 1.82) is 0 Å². The maximum atomic E-state index is 11.9. The topological polar surface area (TPSA) is 126 Å². The lowest BCUT2D eigenvalue weighted by molar-refractivity contribution is -0.149. The number of methoxy groups -OCH3 is 2. The number of esters is 2. The van der Waals surface area contributed by atoms with Gasteiger partial charge in [0, 0.05) is 5.69 Å². The van der Waals surface area contributed by atoms with E-state index in [4.69, 9.17) is 5.21 Å². The molecule has 1 rings (SSSR count). The molecule has 0 aliphatic rings. The molecule has 1 aromatic rings. The number of carbonyl (C=O) groups is 3. The molecule has 1 aromatic carbocycles. The van der Waals surface area contributed by atoms with Crippen molar-refractivity contribution in [3.8, 4) is 0 Å². The Morgan fingerprint density at radius 3 is 2.29 bits per heavy atom. The van der Waals surface area contributed by atoms with Crippen LogP contribution in [0, 0.1) is 0 Å². The maximum Gasteiger partial charge on any atom is 0.329 e. The Kier molecular flexibility index (Phi) is 7.21. The minimum absolute atomic E-state index is 0.346. The van der Waals surface area contributed by atoms with Crippen LogP contribution in [0.1, 0.15) is 18.9 Å². The number of amides is 2. The van der Waals surface area contributed by atoms with Crippen molar-refractivity contribution in [2.75, 3.05) is 19.5 Å². The fraction of sp³-hybridized carbons (Fsp3) is 0.333. The molecule has 24 heavy (non-hydrogen) atoms. The van der Waals surface area contributed by atoms with Crippen molar-refractivity contribution in [2.24, 2.45) is 5.16 Å². The van der Waals surface area contributed by atoms with Crippen molar-refractivity contribution < 1.29 is 29.1 Å². The van der Waals surface area contributed by atoms with Gasteiger partial charge < -0.3 is 25.3 Å². The predicted octanol–water partition coefficient (Wildman–Crippen LogP) is 1.11. The second-order valence-electron chi connectivity index (χ2n) is 4.72. The molecule has 2 amide bonds. The van der Waals surface area contributed by atoms with Crippen LogP contribution in [-0.4, -0.2) is 49.2 Å². The van der Waals surface area contributed by atoms with Crippen LogP contribution >= 0.6 is 0 Å². The van der Waals surface area contributed by atoms with Gasteiger partial charge in [-0.2, -0.15) is 0 Å². The van der Waals surface area contributed by atoms with Crippen molar-refractivity contribution in [2.45, 2.75) is 19.4 Å².